The van der Waals surface area contributed by atoms with Crippen molar-refractivity contribution in [3.8, 4) is 17.1 Å². The van der Waals surface area contributed by atoms with Gasteiger partial charge in [-0.1, -0.05) is 41.6 Å². The van der Waals surface area contributed by atoms with Gasteiger partial charge in [0.2, 0.25) is 5.91 Å². The van der Waals surface area contributed by atoms with Crippen molar-refractivity contribution in [1.82, 2.24) is 14.8 Å². The van der Waals surface area contributed by atoms with Gasteiger partial charge >= 0.3 is 6.18 Å². The van der Waals surface area contributed by atoms with Crippen molar-refractivity contribution in [2.45, 2.75) is 18.3 Å². The van der Waals surface area contributed by atoms with E-state index in [9.17, 15) is 18.0 Å². The highest BCUT2D eigenvalue weighted by Crippen LogP contribution is 2.37. The van der Waals surface area contributed by atoms with Crippen LogP contribution in [-0.2, 0) is 11.0 Å². The summed E-state index contributed by atoms with van der Waals surface area (Å²) >= 11 is 6.74. The van der Waals surface area contributed by atoms with Gasteiger partial charge in [-0.2, -0.15) is 13.2 Å². The van der Waals surface area contributed by atoms with Crippen LogP contribution in [0.1, 0.15) is 11.3 Å². The van der Waals surface area contributed by atoms with Crippen LogP contribution < -0.4 is 5.32 Å². The van der Waals surface area contributed by atoms with E-state index in [2.05, 4.69) is 15.5 Å². The topological polar surface area (TPSA) is 72.9 Å². The monoisotopic (exact) mass is 492 g/mol. The fraction of sp³-hybridized carbons (Fsp3) is 0.136. The number of nitrogens with one attached hydrogen (secondary N) is 1. The van der Waals surface area contributed by atoms with Crippen LogP contribution in [0.2, 0.25) is 5.02 Å². The molecular weight excluding hydrogens is 477 g/mol. The summed E-state index contributed by atoms with van der Waals surface area (Å²) < 4.78 is 47.0. The number of carbonyl (C=O) groups is 1. The van der Waals surface area contributed by atoms with Crippen molar-refractivity contribution in [1.29, 1.82) is 0 Å². The Morgan fingerprint density at radius 3 is 2.58 bits per heavy atom. The van der Waals surface area contributed by atoms with Crippen LogP contribution >= 0.6 is 23.4 Å². The van der Waals surface area contributed by atoms with Gasteiger partial charge in [-0.15, -0.1) is 10.2 Å². The molecule has 0 aliphatic rings. The van der Waals surface area contributed by atoms with Gasteiger partial charge in [-0.05, 0) is 43.3 Å². The van der Waals surface area contributed by atoms with Crippen LogP contribution in [0, 0.1) is 6.92 Å². The lowest BCUT2D eigenvalue weighted by Crippen LogP contribution is -2.18. The fourth-order valence-corrected chi connectivity index (χ4v) is 4.07. The highest BCUT2D eigenvalue weighted by molar-refractivity contribution is 7.99. The number of alkyl halides is 3. The first kappa shape index (κ1) is 22.9. The predicted octanol–water partition coefficient (Wildman–Crippen LogP) is 6.24. The molecule has 11 heteroatoms. The Morgan fingerprint density at radius 2 is 1.91 bits per heavy atom. The molecule has 170 valence electrons. The highest BCUT2D eigenvalue weighted by Gasteiger charge is 2.34. The summed E-state index contributed by atoms with van der Waals surface area (Å²) in [5.74, 6) is 0.357. The molecule has 0 unspecified atom stereocenters. The van der Waals surface area contributed by atoms with Crippen molar-refractivity contribution >= 4 is 35.0 Å². The largest absolute Gasteiger partial charge is 0.469 e. The molecule has 0 saturated heterocycles. The zero-order chi connectivity index (χ0) is 23.6. The number of anilines is 1. The van der Waals surface area contributed by atoms with E-state index in [1.807, 2.05) is 30.3 Å². The molecule has 0 aliphatic heterocycles. The Balaban J connectivity index is 1.58. The number of amides is 1. The lowest BCUT2D eigenvalue weighted by atomic mass is 10.1. The van der Waals surface area contributed by atoms with Gasteiger partial charge < -0.3 is 9.73 Å². The van der Waals surface area contributed by atoms with Crippen molar-refractivity contribution in [2.24, 2.45) is 0 Å². The van der Waals surface area contributed by atoms with E-state index >= 15 is 0 Å². The molecule has 1 amide bonds. The van der Waals surface area contributed by atoms with Gasteiger partial charge in [0.15, 0.2) is 11.0 Å². The first-order valence-electron chi connectivity index (χ1n) is 9.58. The van der Waals surface area contributed by atoms with E-state index in [1.165, 1.54) is 6.07 Å². The maximum absolute atomic E-state index is 13.3. The van der Waals surface area contributed by atoms with Crippen LogP contribution in [0.3, 0.4) is 0 Å². The Bertz CT molecular complexity index is 1290. The van der Waals surface area contributed by atoms with Crippen LogP contribution in [-0.4, -0.2) is 26.4 Å². The van der Waals surface area contributed by atoms with Gasteiger partial charge in [0.1, 0.15) is 5.76 Å². The third-order valence-electron chi connectivity index (χ3n) is 4.64. The first-order chi connectivity index (χ1) is 15.7. The lowest BCUT2D eigenvalue weighted by Gasteiger charge is -2.14. The normalized spacial score (nSPS) is 11.5. The van der Waals surface area contributed by atoms with Crippen molar-refractivity contribution < 1.29 is 22.4 Å². The van der Waals surface area contributed by atoms with Crippen LogP contribution in [0.25, 0.3) is 17.1 Å². The zero-order valence-electron chi connectivity index (χ0n) is 17.1. The fourth-order valence-electron chi connectivity index (χ4n) is 3.14. The van der Waals surface area contributed by atoms with Gasteiger partial charge in [0.05, 0.1) is 28.8 Å². The molecule has 0 saturated carbocycles. The Morgan fingerprint density at radius 1 is 1.15 bits per heavy atom. The average Bonchev–Trinajstić information content (AvgIpc) is 3.39. The molecule has 0 radical (unpaired) electrons. The van der Waals surface area contributed by atoms with Crippen molar-refractivity contribution in [3.63, 3.8) is 0 Å². The number of hydrogen-bond acceptors (Lipinski definition) is 5. The van der Waals surface area contributed by atoms with Crippen molar-refractivity contribution in [2.75, 3.05) is 11.1 Å². The molecule has 0 spiro atoms. The van der Waals surface area contributed by atoms with E-state index in [4.69, 9.17) is 16.0 Å². The molecule has 0 atom stereocenters. The number of aryl methyl sites for hydroxylation is 1. The van der Waals surface area contributed by atoms with E-state index in [-0.39, 0.29) is 16.5 Å². The molecule has 0 fully saturated rings. The van der Waals surface area contributed by atoms with Gasteiger partial charge in [-0.3, -0.25) is 9.36 Å². The third kappa shape index (κ3) is 5.07. The number of benzene rings is 2. The number of carbonyl (C=O) groups excluding carboxylic acids is 1. The summed E-state index contributed by atoms with van der Waals surface area (Å²) in [7, 11) is 0. The first-order valence-corrected chi connectivity index (χ1v) is 10.9. The SMILES string of the molecule is Cc1occc1-c1nnc(SCC(=O)Nc2ccc(Cl)cc2C(F)(F)F)n1-c1ccccc1. The van der Waals surface area contributed by atoms with Gasteiger partial charge in [0.25, 0.3) is 0 Å². The summed E-state index contributed by atoms with van der Waals surface area (Å²) in [5.41, 5.74) is 0.118. The summed E-state index contributed by atoms with van der Waals surface area (Å²) in [4.78, 5) is 12.5. The number of aromatic nitrogens is 3. The maximum Gasteiger partial charge on any atom is 0.418 e. The molecule has 2 heterocycles. The molecular formula is C22H16ClF3N4O2S. The van der Waals surface area contributed by atoms with Crippen LogP contribution in [0.5, 0.6) is 0 Å². The molecule has 0 aliphatic carbocycles. The minimum absolute atomic E-state index is 0.0762. The molecule has 4 aromatic rings. The Labute approximate surface area is 195 Å². The molecule has 2 aromatic heterocycles. The lowest BCUT2D eigenvalue weighted by molar-refractivity contribution is -0.137. The molecule has 4 rings (SSSR count). The number of rotatable bonds is 6. The average molecular weight is 493 g/mol. The van der Waals surface area contributed by atoms with E-state index in [0.29, 0.717) is 16.7 Å². The Hall–Kier alpha value is -3.24. The molecule has 6 nitrogen and oxygen atoms in total. The zero-order valence-corrected chi connectivity index (χ0v) is 18.6. The minimum Gasteiger partial charge on any atom is -0.469 e. The summed E-state index contributed by atoms with van der Waals surface area (Å²) in [5, 5.41) is 11.1. The smallest absolute Gasteiger partial charge is 0.418 e. The van der Waals surface area contributed by atoms with E-state index in [0.717, 1.165) is 35.1 Å². The van der Waals surface area contributed by atoms with Crippen molar-refractivity contribution in [3.05, 3.63) is 77.2 Å². The second kappa shape index (κ2) is 9.32. The predicted molar refractivity (Wildman–Crippen MR) is 120 cm³/mol. The number of hydrogen-bond donors (Lipinski definition) is 1. The third-order valence-corrected chi connectivity index (χ3v) is 5.80. The van der Waals surface area contributed by atoms with Crippen LogP contribution in [0.15, 0.2) is 70.4 Å². The second-order valence-electron chi connectivity index (χ2n) is 6.89. The standard InChI is InChI=1S/C22H16ClF3N4O2S/c1-13-16(9-10-32-13)20-28-29-21(30(20)15-5-3-2-4-6-15)33-12-19(31)27-18-8-7-14(23)11-17(18)22(24,25)26/h2-11H,12H2,1H3,(H,27,31). The molecule has 1 N–H and O–H groups in total. The summed E-state index contributed by atoms with van der Waals surface area (Å²) in [6, 6.07) is 14.2. The van der Waals surface area contributed by atoms with E-state index in [1.54, 1.807) is 23.8 Å². The number of nitrogens with zero attached hydrogens (tertiary/aromatic N) is 3. The van der Waals surface area contributed by atoms with Crippen LogP contribution in [0.4, 0.5) is 18.9 Å². The van der Waals surface area contributed by atoms with Gasteiger partial charge in [-0.25, -0.2) is 0 Å². The molecule has 2 aromatic carbocycles. The molecule has 0 bridgehead atoms. The second-order valence-corrected chi connectivity index (χ2v) is 8.27. The minimum atomic E-state index is -4.66. The van der Waals surface area contributed by atoms with E-state index < -0.39 is 17.6 Å². The number of para-hydroxylation sites is 1. The summed E-state index contributed by atoms with van der Waals surface area (Å²) in [6.45, 7) is 1.80. The van der Waals surface area contributed by atoms with Gasteiger partial charge in [0, 0.05) is 10.7 Å². The Kier molecular flexibility index (Phi) is 6.48. The quantitative estimate of drug-likeness (QED) is 0.323. The highest BCUT2D eigenvalue weighted by atomic mass is 35.5. The number of thioether (sulfide) groups is 1. The molecule has 33 heavy (non-hydrogen) atoms. The maximum atomic E-state index is 13.3. The summed E-state index contributed by atoms with van der Waals surface area (Å²) in [6.07, 6.45) is -3.12. The number of furan rings is 1. The number of halogens is 4.